The van der Waals surface area contributed by atoms with E-state index in [0.717, 1.165) is 5.56 Å². The van der Waals surface area contributed by atoms with Crippen LogP contribution in [0.25, 0.3) is 0 Å². The van der Waals surface area contributed by atoms with Crippen molar-refractivity contribution in [1.82, 2.24) is 5.32 Å². The zero-order valence-corrected chi connectivity index (χ0v) is 11.7. The first-order valence-electron chi connectivity index (χ1n) is 6.29. The summed E-state index contributed by atoms with van der Waals surface area (Å²) in [6.45, 7) is 0.518. The topological polar surface area (TPSA) is 67.1 Å². The van der Waals surface area contributed by atoms with E-state index in [1.54, 1.807) is 24.3 Å². The molecule has 0 heterocycles. The summed E-state index contributed by atoms with van der Waals surface area (Å²) in [5, 5.41) is 6.23. The highest BCUT2D eigenvalue weighted by Crippen LogP contribution is 2.15. The number of carbonyl (C=O) groups is 1. The molecule has 4 N–H and O–H groups in total. The molecule has 2 aromatic rings. The van der Waals surface area contributed by atoms with Crippen LogP contribution in [0.15, 0.2) is 48.5 Å². The number of urea groups is 1. The van der Waals surface area contributed by atoms with Crippen LogP contribution in [-0.2, 0) is 6.42 Å². The molecule has 0 radical (unpaired) electrons. The Morgan fingerprint density at radius 2 is 1.80 bits per heavy atom. The second-order valence-corrected chi connectivity index (χ2v) is 4.75. The van der Waals surface area contributed by atoms with Crippen LogP contribution in [0.4, 0.5) is 16.2 Å². The van der Waals surface area contributed by atoms with Crippen molar-refractivity contribution in [3.8, 4) is 0 Å². The molecule has 5 heteroatoms. The number of hydrogen-bond acceptors (Lipinski definition) is 2. The van der Waals surface area contributed by atoms with Crippen LogP contribution in [0.5, 0.6) is 0 Å². The largest absolute Gasteiger partial charge is 0.399 e. The van der Waals surface area contributed by atoms with Crippen LogP contribution >= 0.6 is 11.6 Å². The number of rotatable bonds is 4. The number of nitrogens with two attached hydrogens (primary N) is 1. The lowest BCUT2D eigenvalue weighted by atomic mass is 10.1. The Kier molecular flexibility index (Phi) is 4.85. The lowest BCUT2D eigenvalue weighted by molar-refractivity contribution is 0.252. The van der Waals surface area contributed by atoms with Gasteiger partial charge in [-0.2, -0.15) is 0 Å². The number of nitrogen functional groups attached to an aromatic ring is 1. The van der Waals surface area contributed by atoms with Gasteiger partial charge >= 0.3 is 6.03 Å². The predicted molar refractivity (Wildman–Crippen MR) is 83.0 cm³/mol. The fourth-order valence-corrected chi connectivity index (χ4v) is 1.98. The summed E-state index contributed by atoms with van der Waals surface area (Å²) in [7, 11) is 0. The minimum absolute atomic E-state index is 0.248. The Morgan fingerprint density at radius 1 is 1.10 bits per heavy atom. The number of hydrogen-bond donors (Lipinski definition) is 3. The van der Waals surface area contributed by atoms with Crippen molar-refractivity contribution in [2.24, 2.45) is 0 Å². The van der Waals surface area contributed by atoms with Gasteiger partial charge in [-0.3, -0.25) is 0 Å². The predicted octanol–water partition coefficient (Wildman–Crippen LogP) is 3.29. The van der Waals surface area contributed by atoms with Crippen molar-refractivity contribution < 1.29 is 4.79 Å². The third kappa shape index (κ3) is 4.17. The van der Waals surface area contributed by atoms with Crippen LogP contribution in [0.3, 0.4) is 0 Å². The number of anilines is 2. The molecule has 0 fully saturated rings. The summed E-state index contributed by atoms with van der Waals surface area (Å²) in [6, 6.07) is 14.3. The van der Waals surface area contributed by atoms with Crippen molar-refractivity contribution >= 4 is 29.0 Å². The van der Waals surface area contributed by atoms with Gasteiger partial charge in [0.2, 0.25) is 0 Å². The van der Waals surface area contributed by atoms with E-state index in [9.17, 15) is 4.79 Å². The SMILES string of the molecule is Nc1ccc(NC(=O)NCCc2ccccc2Cl)cc1. The Balaban J connectivity index is 1.78. The Labute approximate surface area is 122 Å². The van der Waals surface area contributed by atoms with Gasteiger partial charge in [0.15, 0.2) is 0 Å². The third-order valence-electron chi connectivity index (χ3n) is 2.81. The molecule has 2 rings (SSSR count). The van der Waals surface area contributed by atoms with E-state index < -0.39 is 0 Å². The third-order valence-corrected chi connectivity index (χ3v) is 3.18. The maximum absolute atomic E-state index is 11.7. The van der Waals surface area contributed by atoms with Crippen molar-refractivity contribution in [1.29, 1.82) is 0 Å². The molecule has 0 aliphatic rings. The summed E-state index contributed by atoms with van der Waals surface area (Å²) >= 11 is 6.04. The zero-order valence-electron chi connectivity index (χ0n) is 10.9. The molecule has 4 nitrogen and oxygen atoms in total. The maximum atomic E-state index is 11.7. The fourth-order valence-electron chi connectivity index (χ4n) is 1.75. The van der Waals surface area contributed by atoms with Gasteiger partial charge in [0.1, 0.15) is 0 Å². The van der Waals surface area contributed by atoms with E-state index in [0.29, 0.717) is 29.4 Å². The molecule has 2 amide bonds. The smallest absolute Gasteiger partial charge is 0.319 e. The molecule has 0 aromatic heterocycles. The molecule has 2 aromatic carbocycles. The highest BCUT2D eigenvalue weighted by atomic mass is 35.5. The lowest BCUT2D eigenvalue weighted by Crippen LogP contribution is -2.30. The summed E-state index contributed by atoms with van der Waals surface area (Å²) < 4.78 is 0. The van der Waals surface area contributed by atoms with Gasteiger partial charge in [0.25, 0.3) is 0 Å². The van der Waals surface area contributed by atoms with Crippen LogP contribution < -0.4 is 16.4 Å². The van der Waals surface area contributed by atoms with Crippen molar-refractivity contribution in [3.63, 3.8) is 0 Å². The van der Waals surface area contributed by atoms with Gasteiger partial charge in [0.05, 0.1) is 0 Å². The Hall–Kier alpha value is -2.20. The first kappa shape index (κ1) is 14.2. The first-order valence-corrected chi connectivity index (χ1v) is 6.67. The number of nitrogens with one attached hydrogen (secondary N) is 2. The molecule has 0 aliphatic carbocycles. The number of amides is 2. The highest BCUT2D eigenvalue weighted by molar-refractivity contribution is 6.31. The van der Waals surface area contributed by atoms with Crippen molar-refractivity contribution in [2.75, 3.05) is 17.6 Å². The summed E-state index contributed by atoms with van der Waals surface area (Å²) in [5.74, 6) is 0. The molecular weight excluding hydrogens is 274 g/mol. The summed E-state index contributed by atoms with van der Waals surface area (Å²) in [5.41, 5.74) is 7.96. The lowest BCUT2D eigenvalue weighted by Gasteiger charge is -2.08. The van der Waals surface area contributed by atoms with Gasteiger partial charge < -0.3 is 16.4 Å². The second-order valence-electron chi connectivity index (χ2n) is 4.34. The minimum atomic E-state index is -0.248. The minimum Gasteiger partial charge on any atom is -0.399 e. The highest BCUT2D eigenvalue weighted by Gasteiger charge is 2.02. The van der Waals surface area contributed by atoms with Crippen LogP contribution in [0.1, 0.15) is 5.56 Å². The number of halogens is 1. The van der Waals surface area contributed by atoms with Crippen LogP contribution in [0, 0.1) is 0 Å². The van der Waals surface area contributed by atoms with E-state index in [2.05, 4.69) is 10.6 Å². The molecule has 0 spiro atoms. The van der Waals surface area contributed by atoms with E-state index >= 15 is 0 Å². The van der Waals surface area contributed by atoms with Crippen LogP contribution in [0.2, 0.25) is 5.02 Å². The normalized spacial score (nSPS) is 10.1. The van der Waals surface area contributed by atoms with Gasteiger partial charge in [0, 0.05) is 22.9 Å². The molecule has 0 unspecified atom stereocenters. The first-order chi connectivity index (χ1) is 9.65. The average molecular weight is 290 g/mol. The molecule has 20 heavy (non-hydrogen) atoms. The number of carbonyl (C=O) groups excluding carboxylic acids is 1. The fraction of sp³-hybridized carbons (Fsp3) is 0.133. The molecule has 0 saturated carbocycles. The summed E-state index contributed by atoms with van der Waals surface area (Å²) in [6.07, 6.45) is 0.689. The monoisotopic (exact) mass is 289 g/mol. The van der Waals surface area contributed by atoms with Gasteiger partial charge in [-0.25, -0.2) is 4.79 Å². The second kappa shape index (κ2) is 6.82. The zero-order chi connectivity index (χ0) is 14.4. The summed E-state index contributed by atoms with van der Waals surface area (Å²) in [4.78, 5) is 11.7. The van der Waals surface area contributed by atoms with Crippen LogP contribution in [-0.4, -0.2) is 12.6 Å². The molecule has 0 atom stereocenters. The van der Waals surface area contributed by atoms with E-state index in [1.807, 2.05) is 24.3 Å². The standard InChI is InChI=1S/C15H16ClN3O/c16-14-4-2-1-3-11(14)9-10-18-15(20)19-13-7-5-12(17)6-8-13/h1-8H,9-10,17H2,(H2,18,19,20). The average Bonchev–Trinajstić information content (AvgIpc) is 2.43. The molecule has 104 valence electrons. The van der Waals surface area contributed by atoms with Gasteiger partial charge in [-0.15, -0.1) is 0 Å². The van der Waals surface area contributed by atoms with Crippen molar-refractivity contribution in [3.05, 3.63) is 59.1 Å². The van der Waals surface area contributed by atoms with E-state index in [4.69, 9.17) is 17.3 Å². The molecule has 0 bridgehead atoms. The molecule has 0 aliphatic heterocycles. The van der Waals surface area contributed by atoms with E-state index in [1.165, 1.54) is 0 Å². The van der Waals surface area contributed by atoms with E-state index in [-0.39, 0.29) is 6.03 Å². The van der Waals surface area contributed by atoms with Gasteiger partial charge in [-0.1, -0.05) is 29.8 Å². The quantitative estimate of drug-likeness (QED) is 0.756. The Morgan fingerprint density at radius 3 is 2.50 bits per heavy atom. The molecule has 0 saturated heterocycles. The number of benzene rings is 2. The maximum Gasteiger partial charge on any atom is 0.319 e. The van der Waals surface area contributed by atoms with Gasteiger partial charge in [-0.05, 0) is 42.3 Å². The van der Waals surface area contributed by atoms with Crippen molar-refractivity contribution in [2.45, 2.75) is 6.42 Å². The Bertz CT molecular complexity index is 584. The molecular formula is C15H16ClN3O.